The number of carbonyl (C=O) groups is 1. The summed E-state index contributed by atoms with van der Waals surface area (Å²) in [6.07, 6.45) is -2.29. The zero-order valence-electron chi connectivity index (χ0n) is 11.3. The van der Waals surface area contributed by atoms with E-state index in [0.29, 0.717) is 5.56 Å². The molecule has 0 unspecified atom stereocenters. The summed E-state index contributed by atoms with van der Waals surface area (Å²) in [7, 11) is 0. The summed E-state index contributed by atoms with van der Waals surface area (Å²) < 4.78 is 0. The van der Waals surface area contributed by atoms with E-state index in [2.05, 4.69) is 0 Å². The highest BCUT2D eigenvalue weighted by Crippen LogP contribution is 2.37. The highest BCUT2D eigenvalue weighted by atomic mass is 16.3. The van der Waals surface area contributed by atoms with Crippen molar-refractivity contribution in [1.82, 2.24) is 0 Å². The van der Waals surface area contributed by atoms with E-state index in [4.69, 9.17) is 0 Å². The maximum atomic E-state index is 11.7. The first-order valence-corrected chi connectivity index (χ1v) is 6.99. The molecular weight excluding hydrogens is 264 g/mol. The van der Waals surface area contributed by atoms with Crippen LogP contribution in [0, 0.1) is 0 Å². The molecule has 21 heavy (non-hydrogen) atoms. The van der Waals surface area contributed by atoms with E-state index in [1.165, 1.54) is 0 Å². The number of carbonyl (C=O) groups excluding carboxylic acids is 1. The van der Waals surface area contributed by atoms with Crippen LogP contribution in [-0.2, 0) is 11.2 Å². The molecule has 3 aromatic carbocycles. The average Bonchev–Trinajstić information content (AvgIpc) is 2.51. The normalized spacial score (nSPS) is 21.7. The van der Waals surface area contributed by atoms with Gasteiger partial charge in [0.05, 0.1) is 0 Å². The van der Waals surface area contributed by atoms with Crippen molar-refractivity contribution in [2.24, 2.45) is 0 Å². The molecule has 0 fully saturated rings. The zero-order chi connectivity index (χ0) is 14.6. The molecule has 4 rings (SSSR count). The number of Topliss-reactive ketones (excluding diaryl/α,β-unsaturated/α-hetero) is 1. The molecule has 0 aromatic heterocycles. The molecule has 0 saturated carbocycles. The number of benzene rings is 3. The molecular formula is C18H14O3. The van der Waals surface area contributed by atoms with Crippen LogP contribution in [0.5, 0.6) is 0 Å². The van der Waals surface area contributed by atoms with E-state index in [-0.39, 0.29) is 12.2 Å². The van der Waals surface area contributed by atoms with Crippen LogP contribution in [0.25, 0.3) is 21.5 Å². The van der Waals surface area contributed by atoms with Gasteiger partial charge in [-0.15, -0.1) is 0 Å². The van der Waals surface area contributed by atoms with E-state index in [9.17, 15) is 15.0 Å². The van der Waals surface area contributed by atoms with Crippen molar-refractivity contribution in [1.29, 1.82) is 0 Å². The molecule has 0 aliphatic heterocycles. The van der Waals surface area contributed by atoms with Crippen LogP contribution in [0.4, 0.5) is 0 Å². The summed E-state index contributed by atoms with van der Waals surface area (Å²) in [4.78, 5) is 11.7. The third kappa shape index (κ3) is 1.71. The van der Waals surface area contributed by atoms with Crippen LogP contribution in [0.15, 0.2) is 48.5 Å². The van der Waals surface area contributed by atoms with Crippen molar-refractivity contribution < 1.29 is 15.0 Å². The van der Waals surface area contributed by atoms with Crippen molar-refractivity contribution in [2.75, 3.05) is 0 Å². The van der Waals surface area contributed by atoms with Gasteiger partial charge in [-0.05, 0) is 32.7 Å². The lowest BCUT2D eigenvalue weighted by atomic mass is 9.82. The lowest BCUT2D eigenvalue weighted by molar-refractivity contribution is -0.133. The molecule has 0 heterocycles. The molecule has 0 saturated heterocycles. The van der Waals surface area contributed by atoms with E-state index in [1.54, 1.807) is 0 Å². The monoisotopic (exact) mass is 278 g/mol. The standard InChI is InChI=1S/C18H14O3/c19-15-9-11-6-7-13-12-4-2-1-3-10(12)5-8-14(13)16(11)18(21)17(15)20/h1-8,17-18,20-21H,9H2/t17-,18-/m1/s1. The molecule has 2 atom stereocenters. The average molecular weight is 278 g/mol. The smallest absolute Gasteiger partial charge is 0.168 e. The summed E-state index contributed by atoms with van der Waals surface area (Å²) in [5, 5.41) is 24.3. The number of aliphatic hydroxyl groups excluding tert-OH is 2. The molecule has 0 bridgehead atoms. The van der Waals surface area contributed by atoms with Crippen LogP contribution in [0.2, 0.25) is 0 Å². The van der Waals surface area contributed by atoms with Crippen LogP contribution in [-0.4, -0.2) is 22.1 Å². The fraction of sp³-hybridized carbons (Fsp3) is 0.167. The van der Waals surface area contributed by atoms with Crippen molar-refractivity contribution >= 4 is 27.3 Å². The molecule has 1 aliphatic carbocycles. The van der Waals surface area contributed by atoms with Crippen molar-refractivity contribution in [3.63, 3.8) is 0 Å². The van der Waals surface area contributed by atoms with Crippen LogP contribution < -0.4 is 0 Å². The van der Waals surface area contributed by atoms with Gasteiger partial charge < -0.3 is 10.2 Å². The fourth-order valence-corrected chi connectivity index (χ4v) is 3.29. The quantitative estimate of drug-likeness (QED) is 0.621. The molecule has 1 aliphatic rings. The van der Waals surface area contributed by atoms with Gasteiger partial charge in [-0.25, -0.2) is 0 Å². The van der Waals surface area contributed by atoms with Crippen LogP contribution in [0.1, 0.15) is 17.2 Å². The van der Waals surface area contributed by atoms with E-state index >= 15 is 0 Å². The van der Waals surface area contributed by atoms with Gasteiger partial charge in [-0.1, -0.05) is 48.5 Å². The van der Waals surface area contributed by atoms with Crippen molar-refractivity contribution in [3.8, 4) is 0 Å². The van der Waals surface area contributed by atoms with Gasteiger partial charge in [0.2, 0.25) is 0 Å². The summed E-state index contributed by atoms with van der Waals surface area (Å²) in [5.74, 6) is -0.324. The second-order valence-corrected chi connectivity index (χ2v) is 5.55. The Kier molecular flexibility index (Phi) is 2.61. The number of hydrogen-bond donors (Lipinski definition) is 2. The predicted molar refractivity (Wildman–Crippen MR) is 81.1 cm³/mol. The van der Waals surface area contributed by atoms with Gasteiger partial charge in [0.1, 0.15) is 12.2 Å². The summed E-state index contributed by atoms with van der Waals surface area (Å²) in [6, 6.07) is 15.9. The Hall–Kier alpha value is -2.23. The second kappa shape index (κ2) is 4.38. The van der Waals surface area contributed by atoms with Crippen molar-refractivity contribution in [3.05, 3.63) is 59.7 Å². The van der Waals surface area contributed by atoms with E-state index in [0.717, 1.165) is 27.1 Å². The van der Waals surface area contributed by atoms with Gasteiger partial charge >= 0.3 is 0 Å². The van der Waals surface area contributed by atoms with E-state index in [1.807, 2.05) is 48.5 Å². The maximum absolute atomic E-state index is 11.7. The molecule has 3 aromatic rings. The van der Waals surface area contributed by atoms with Crippen LogP contribution >= 0.6 is 0 Å². The minimum absolute atomic E-state index is 0.177. The third-order valence-electron chi connectivity index (χ3n) is 4.35. The first-order chi connectivity index (χ1) is 10.2. The summed E-state index contributed by atoms with van der Waals surface area (Å²) >= 11 is 0. The largest absolute Gasteiger partial charge is 0.385 e. The second-order valence-electron chi connectivity index (χ2n) is 5.55. The Balaban J connectivity index is 2.11. The molecule has 2 N–H and O–H groups in total. The Morgan fingerprint density at radius 1 is 0.810 bits per heavy atom. The van der Waals surface area contributed by atoms with Crippen molar-refractivity contribution in [2.45, 2.75) is 18.6 Å². The van der Waals surface area contributed by atoms with Gasteiger partial charge in [0.25, 0.3) is 0 Å². The van der Waals surface area contributed by atoms with E-state index < -0.39 is 12.2 Å². The summed E-state index contributed by atoms with van der Waals surface area (Å²) in [6.45, 7) is 0. The van der Waals surface area contributed by atoms with Gasteiger partial charge in [0, 0.05) is 6.42 Å². The topological polar surface area (TPSA) is 57.5 Å². The fourth-order valence-electron chi connectivity index (χ4n) is 3.29. The Bertz CT molecular complexity index is 882. The maximum Gasteiger partial charge on any atom is 0.168 e. The Labute approximate surface area is 121 Å². The molecule has 3 nitrogen and oxygen atoms in total. The minimum atomic E-state index is -1.32. The highest BCUT2D eigenvalue weighted by Gasteiger charge is 2.34. The molecule has 3 heteroatoms. The zero-order valence-corrected chi connectivity index (χ0v) is 11.3. The molecule has 104 valence electrons. The molecule has 0 spiro atoms. The predicted octanol–water partition coefficient (Wildman–Crippen LogP) is 2.51. The lowest BCUT2D eigenvalue weighted by Gasteiger charge is -2.27. The highest BCUT2D eigenvalue weighted by molar-refractivity contribution is 6.09. The lowest BCUT2D eigenvalue weighted by Crippen LogP contribution is -2.34. The van der Waals surface area contributed by atoms with Gasteiger partial charge in [0.15, 0.2) is 5.78 Å². The number of rotatable bonds is 0. The molecule has 0 radical (unpaired) electrons. The Morgan fingerprint density at radius 2 is 1.57 bits per heavy atom. The number of fused-ring (bicyclic) bond motifs is 5. The van der Waals surface area contributed by atoms with Gasteiger partial charge in [-0.3, -0.25) is 4.79 Å². The number of aliphatic hydroxyl groups is 2. The number of hydrogen-bond acceptors (Lipinski definition) is 3. The van der Waals surface area contributed by atoms with Gasteiger partial charge in [-0.2, -0.15) is 0 Å². The first kappa shape index (κ1) is 12.5. The van der Waals surface area contributed by atoms with Crippen LogP contribution in [0.3, 0.4) is 0 Å². The minimum Gasteiger partial charge on any atom is -0.385 e. The third-order valence-corrected chi connectivity index (χ3v) is 4.35. The SMILES string of the molecule is O=C1Cc2ccc3c(ccc4ccccc43)c2[C@@H](O)[C@@H]1O. The first-order valence-electron chi connectivity index (χ1n) is 6.99. The number of ketones is 1. The summed E-state index contributed by atoms with van der Waals surface area (Å²) in [5.41, 5.74) is 1.49. The molecule has 0 amide bonds. The Morgan fingerprint density at radius 3 is 2.43 bits per heavy atom.